The number of anilines is 1. The first-order valence-electron chi connectivity index (χ1n) is 11.8. The Balaban J connectivity index is 2.18. The monoisotopic (exact) mass is 565 g/mol. The summed E-state index contributed by atoms with van der Waals surface area (Å²) in [5.41, 5.74) is 3.43. The second kappa shape index (κ2) is 13.1. The van der Waals surface area contributed by atoms with E-state index >= 15 is 0 Å². The van der Waals surface area contributed by atoms with Gasteiger partial charge in [0.2, 0.25) is 21.8 Å². The molecule has 2 amide bonds. The molecule has 0 fully saturated rings. The van der Waals surface area contributed by atoms with Gasteiger partial charge in [-0.05, 0) is 74.6 Å². The molecule has 2 aromatic carbocycles. The van der Waals surface area contributed by atoms with Crippen LogP contribution in [0.25, 0.3) is 0 Å². The lowest BCUT2D eigenvalue weighted by atomic mass is 10.1. The zero-order chi connectivity index (χ0) is 26.2. The van der Waals surface area contributed by atoms with Crippen LogP contribution in [0.2, 0.25) is 0 Å². The van der Waals surface area contributed by atoms with E-state index in [-0.39, 0.29) is 31.3 Å². The number of rotatable bonds is 12. The molecule has 0 aliphatic carbocycles. The first kappa shape index (κ1) is 28.8. The zero-order valence-electron chi connectivity index (χ0n) is 21.2. The summed E-state index contributed by atoms with van der Waals surface area (Å²) in [4.78, 5) is 27.5. The van der Waals surface area contributed by atoms with Crippen LogP contribution in [-0.4, -0.2) is 50.5 Å². The Bertz CT molecular complexity index is 1120. The molecule has 0 spiro atoms. The number of benzene rings is 2. The van der Waals surface area contributed by atoms with E-state index < -0.39 is 16.1 Å². The van der Waals surface area contributed by atoms with Crippen molar-refractivity contribution in [1.82, 2.24) is 10.2 Å². The molecule has 0 unspecified atom stereocenters. The van der Waals surface area contributed by atoms with Crippen LogP contribution in [-0.2, 0) is 26.2 Å². The lowest BCUT2D eigenvalue weighted by molar-refractivity contribution is -0.140. The standard InChI is InChI=1S/C26H36BrN3O4S/c1-6-12-28-26(32)21(4)29(18-22-9-7-10-23(27)17-22)25(31)11-8-13-30(35(5,33)34)24-15-19(2)14-20(3)16-24/h7,9-10,14-17,21H,6,8,11-13,18H2,1-5H3,(H,28,32)/t21-/m1/s1. The number of aryl methyl sites for hydroxylation is 2. The van der Waals surface area contributed by atoms with Crippen molar-refractivity contribution in [2.45, 2.75) is 59.5 Å². The SMILES string of the molecule is CCCNC(=O)[C@@H](C)N(Cc1cccc(Br)c1)C(=O)CCCN(c1cc(C)cc(C)c1)S(C)(=O)=O. The number of nitrogens with one attached hydrogen (secondary N) is 1. The number of hydrogen-bond donors (Lipinski definition) is 1. The van der Waals surface area contributed by atoms with Crippen molar-refractivity contribution in [3.63, 3.8) is 0 Å². The highest BCUT2D eigenvalue weighted by atomic mass is 79.9. The highest BCUT2D eigenvalue weighted by Crippen LogP contribution is 2.22. The summed E-state index contributed by atoms with van der Waals surface area (Å²) in [6.07, 6.45) is 2.43. The van der Waals surface area contributed by atoms with Crippen molar-refractivity contribution in [2.75, 3.05) is 23.7 Å². The molecule has 0 heterocycles. The van der Waals surface area contributed by atoms with Crippen LogP contribution in [0, 0.1) is 13.8 Å². The predicted octanol–water partition coefficient (Wildman–Crippen LogP) is 4.56. The summed E-state index contributed by atoms with van der Waals surface area (Å²) in [5, 5.41) is 2.86. The molecule has 0 aliphatic rings. The van der Waals surface area contributed by atoms with Gasteiger partial charge in [0, 0.05) is 30.5 Å². The van der Waals surface area contributed by atoms with Gasteiger partial charge in [-0.2, -0.15) is 0 Å². The molecular weight excluding hydrogens is 530 g/mol. The molecule has 35 heavy (non-hydrogen) atoms. The Kier molecular flexibility index (Phi) is 10.8. The van der Waals surface area contributed by atoms with Crippen molar-refractivity contribution >= 4 is 43.5 Å². The van der Waals surface area contributed by atoms with E-state index in [4.69, 9.17) is 0 Å². The highest BCUT2D eigenvalue weighted by molar-refractivity contribution is 9.10. The quantitative estimate of drug-likeness (QED) is 0.408. The molecular formula is C26H36BrN3O4S. The van der Waals surface area contributed by atoms with Crippen molar-refractivity contribution in [2.24, 2.45) is 0 Å². The number of carbonyl (C=O) groups is 2. The van der Waals surface area contributed by atoms with Crippen molar-refractivity contribution in [3.05, 3.63) is 63.6 Å². The van der Waals surface area contributed by atoms with Gasteiger partial charge >= 0.3 is 0 Å². The maximum atomic E-state index is 13.3. The first-order valence-corrected chi connectivity index (χ1v) is 14.4. The number of carbonyl (C=O) groups excluding carboxylic acids is 2. The van der Waals surface area contributed by atoms with Gasteiger partial charge in [0.25, 0.3) is 0 Å². The van der Waals surface area contributed by atoms with E-state index in [1.807, 2.05) is 63.2 Å². The van der Waals surface area contributed by atoms with Gasteiger partial charge in [0.05, 0.1) is 11.9 Å². The molecule has 1 atom stereocenters. The minimum absolute atomic E-state index is 0.121. The third-order valence-corrected chi connectivity index (χ3v) is 7.29. The average molecular weight is 567 g/mol. The van der Waals surface area contributed by atoms with Crippen molar-refractivity contribution in [3.8, 4) is 0 Å². The smallest absolute Gasteiger partial charge is 0.242 e. The predicted molar refractivity (Wildman–Crippen MR) is 145 cm³/mol. The highest BCUT2D eigenvalue weighted by Gasteiger charge is 2.26. The van der Waals surface area contributed by atoms with Crippen molar-refractivity contribution < 1.29 is 18.0 Å². The summed E-state index contributed by atoms with van der Waals surface area (Å²) in [7, 11) is -3.52. The number of amides is 2. The molecule has 0 aliphatic heterocycles. The maximum Gasteiger partial charge on any atom is 0.242 e. The lowest BCUT2D eigenvalue weighted by Crippen LogP contribution is -2.47. The van der Waals surface area contributed by atoms with Crippen LogP contribution in [0.4, 0.5) is 5.69 Å². The first-order chi connectivity index (χ1) is 16.4. The topological polar surface area (TPSA) is 86.8 Å². The molecule has 0 aromatic heterocycles. The van der Waals surface area contributed by atoms with Crippen LogP contribution in [0.15, 0.2) is 46.9 Å². The Hall–Kier alpha value is -2.39. The van der Waals surface area contributed by atoms with Crippen LogP contribution in [0.3, 0.4) is 0 Å². The summed E-state index contributed by atoms with van der Waals surface area (Å²) < 4.78 is 27.3. The van der Waals surface area contributed by atoms with E-state index in [9.17, 15) is 18.0 Å². The van der Waals surface area contributed by atoms with Gasteiger partial charge in [-0.25, -0.2) is 8.42 Å². The molecule has 1 N–H and O–H groups in total. The van der Waals surface area contributed by atoms with Crippen LogP contribution >= 0.6 is 15.9 Å². The fourth-order valence-corrected chi connectivity index (χ4v) is 5.30. The van der Waals surface area contributed by atoms with Gasteiger partial charge in [0.15, 0.2) is 0 Å². The Morgan fingerprint density at radius 2 is 1.74 bits per heavy atom. The summed E-state index contributed by atoms with van der Waals surface area (Å²) in [6, 6.07) is 12.6. The van der Waals surface area contributed by atoms with Gasteiger partial charge < -0.3 is 10.2 Å². The third-order valence-electron chi connectivity index (χ3n) is 5.61. The van der Waals surface area contributed by atoms with Crippen LogP contribution in [0.5, 0.6) is 0 Å². The van der Waals surface area contributed by atoms with E-state index in [1.54, 1.807) is 11.8 Å². The van der Waals surface area contributed by atoms with Crippen LogP contribution < -0.4 is 9.62 Å². The molecule has 2 rings (SSSR count). The van der Waals surface area contributed by atoms with E-state index in [0.29, 0.717) is 18.7 Å². The molecule has 0 bridgehead atoms. The Morgan fingerprint density at radius 1 is 1.09 bits per heavy atom. The lowest BCUT2D eigenvalue weighted by Gasteiger charge is -2.29. The summed E-state index contributed by atoms with van der Waals surface area (Å²) >= 11 is 3.45. The molecule has 9 heteroatoms. The van der Waals surface area contributed by atoms with Gasteiger partial charge in [0.1, 0.15) is 6.04 Å². The Labute approximate surface area is 218 Å². The minimum Gasteiger partial charge on any atom is -0.354 e. The number of halogens is 1. The van der Waals surface area contributed by atoms with Gasteiger partial charge in [-0.1, -0.05) is 41.1 Å². The fourth-order valence-electron chi connectivity index (χ4n) is 3.91. The minimum atomic E-state index is -3.52. The van der Waals surface area contributed by atoms with E-state index in [2.05, 4.69) is 21.2 Å². The molecule has 0 saturated carbocycles. The Morgan fingerprint density at radius 3 is 2.31 bits per heavy atom. The second-order valence-electron chi connectivity index (χ2n) is 8.90. The second-order valence-corrected chi connectivity index (χ2v) is 11.7. The number of nitrogens with zero attached hydrogens (tertiary/aromatic N) is 2. The fraction of sp³-hybridized carbons (Fsp3) is 0.462. The summed E-state index contributed by atoms with van der Waals surface area (Å²) in [6.45, 7) is 8.54. The normalized spacial score (nSPS) is 12.2. The molecule has 0 radical (unpaired) electrons. The average Bonchev–Trinajstić information content (AvgIpc) is 2.76. The molecule has 7 nitrogen and oxygen atoms in total. The largest absolute Gasteiger partial charge is 0.354 e. The van der Waals surface area contributed by atoms with Crippen LogP contribution in [0.1, 0.15) is 49.8 Å². The van der Waals surface area contributed by atoms with Crippen molar-refractivity contribution in [1.29, 1.82) is 0 Å². The molecule has 192 valence electrons. The number of sulfonamides is 1. The molecule has 2 aromatic rings. The maximum absolute atomic E-state index is 13.3. The third kappa shape index (κ3) is 8.96. The van der Waals surface area contributed by atoms with E-state index in [1.165, 1.54) is 10.6 Å². The van der Waals surface area contributed by atoms with Gasteiger partial charge in [-0.15, -0.1) is 0 Å². The summed E-state index contributed by atoms with van der Waals surface area (Å²) in [5.74, 6) is -0.402. The van der Waals surface area contributed by atoms with E-state index in [0.717, 1.165) is 27.6 Å². The number of hydrogen-bond acceptors (Lipinski definition) is 4. The zero-order valence-corrected chi connectivity index (χ0v) is 23.6. The molecule has 0 saturated heterocycles. The van der Waals surface area contributed by atoms with Gasteiger partial charge in [-0.3, -0.25) is 13.9 Å².